The summed E-state index contributed by atoms with van der Waals surface area (Å²) in [6, 6.07) is 6.64. The van der Waals surface area contributed by atoms with Gasteiger partial charge >= 0.3 is 0 Å². The number of nitrogens with zero attached hydrogens (tertiary/aromatic N) is 3. The van der Waals surface area contributed by atoms with Crippen LogP contribution < -0.4 is 5.32 Å². The molecule has 21 heavy (non-hydrogen) atoms. The largest absolute Gasteiger partial charge is 0.396 e. The molecule has 2 aromatic rings. The standard InChI is InChI=1S/C13H18N4O3S/c1-21(19,20)13-5-2-4-11(8-13)14-9-12-10-17(16-15-12)6-3-7-18/h2,4-5,8,10,14,18H,3,6-7,9H2,1H3. The lowest BCUT2D eigenvalue weighted by Crippen LogP contribution is -2.02. The molecule has 0 aliphatic rings. The minimum Gasteiger partial charge on any atom is -0.396 e. The Hall–Kier alpha value is -1.93. The summed E-state index contributed by atoms with van der Waals surface area (Å²) in [6.07, 6.45) is 3.61. The number of aliphatic hydroxyl groups is 1. The molecule has 0 fully saturated rings. The Labute approximate surface area is 123 Å². The summed E-state index contributed by atoms with van der Waals surface area (Å²) in [5.41, 5.74) is 1.46. The number of rotatable bonds is 7. The van der Waals surface area contributed by atoms with Crippen molar-refractivity contribution in [3.8, 4) is 0 Å². The number of nitrogens with one attached hydrogen (secondary N) is 1. The molecule has 2 rings (SSSR count). The van der Waals surface area contributed by atoms with Gasteiger partial charge in [-0.2, -0.15) is 0 Å². The predicted octanol–water partition coefficient (Wildman–Crippen LogP) is 0.676. The Kier molecular flexibility index (Phi) is 4.92. The van der Waals surface area contributed by atoms with Gasteiger partial charge in [-0.15, -0.1) is 5.10 Å². The maximum Gasteiger partial charge on any atom is 0.175 e. The predicted molar refractivity (Wildman–Crippen MR) is 78.6 cm³/mol. The highest BCUT2D eigenvalue weighted by Crippen LogP contribution is 2.15. The molecule has 7 nitrogen and oxygen atoms in total. The van der Waals surface area contributed by atoms with Crippen molar-refractivity contribution in [3.63, 3.8) is 0 Å². The molecule has 1 aromatic carbocycles. The zero-order valence-electron chi connectivity index (χ0n) is 11.7. The molecule has 0 saturated carbocycles. The molecule has 2 N–H and O–H groups in total. The molecule has 0 aliphatic carbocycles. The average molecular weight is 310 g/mol. The lowest BCUT2D eigenvalue weighted by atomic mass is 10.3. The van der Waals surface area contributed by atoms with Crippen LogP contribution in [0.2, 0.25) is 0 Å². The number of anilines is 1. The number of aryl methyl sites for hydroxylation is 1. The molecular formula is C13H18N4O3S. The molecule has 8 heteroatoms. The van der Waals surface area contributed by atoms with E-state index in [4.69, 9.17) is 5.11 Å². The van der Waals surface area contributed by atoms with Crippen molar-refractivity contribution in [2.45, 2.75) is 24.4 Å². The van der Waals surface area contributed by atoms with Crippen LogP contribution in [-0.2, 0) is 22.9 Å². The minimum atomic E-state index is -3.21. The Morgan fingerprint density at radius 1 is 1.38 bits per heavy atom. The summed E-state index contributed by atoms with van der Waals surface area (Å²) in [7, 11) is -3.21. The lowest BCUT2D eigenvalue weighted by molar-refractivity contribution is 0.276. The van der Waals surface area contributed by atoms with Crippen molar-refractivity contribution in [2.75, 3.05) is 18.2 Å². The van der Waals surface area contributed by atoms with E-state index in [1.54, 1.807) is 35.1 Å². The zero-order chi connectivity index (χ0) is 15.3. The van der Waals surface area contributed by atoms with Crippen LogP contribution in [0.5, 0.6) is 0 Å². The smallest absolute Gasteiger partial charge is 0.175 e. The molecule has 1 heterocycles. The van der Waals surface area contributed by atoms with Crippen molar-refractivity contribution in [3.05, 3.63) is 36.2 Å². The monoisotopic (exact) mass is 310 g/mol. The third-order valence-electron chi connectivity index (χ3n) is 2.87. The Morgan fingerprint density at radius 2 is 2.19 bits per heavy atom. The first kappa shape index (κ1) is 15.5. The fourth-order valence-corrected chi connectivity index (χ4v) is 2.46. The number of aromatic nitrogens is 3. The van der Waals surface area contributed by atoms with E-state index < -0.39 is 9.84 Å². The molecule has 0 unspecified atom stereocenters. The van der Waals surface area contributed by atoms with Gasteiger partial charge in [-0.1, -0.05) is 11.3 Å². The number of hydrogen-bond acceptors (Lipinski definition) is 6. The number of benzene rings is 1. The van der Waals surface area contributed by atoms with E-state index >= 15 is 0 Å². The molecule has 0 amide bonds. The van der Waals surface area contributed by atoms with Crippen LogP contribution in [0.4, 0.5) is 5.69 Å². The van der Waals surface area contributed by atoms with E-state index in [9.17, 15) is 8.42 Å². The maximum absolute atomic E-state index is 11.5. The molecule has 0 aliphatic heterocycles. The van der Waals surface area contributed by atoms with Gasteiger partial charge < -0.3 is 10.4 Å². The van der Waals surface area contributed by atoms with Crippen LogP contribution in [0.1, 0.15) is 12.1 Å². The van der Waals surface area contributed by atoms with Crippen LogP contribution in [0.3, 0.4) is 0 Å². The summed E-state index contributed by atoms with van der Waals surface area (Å²) in [6.45, 7) is 1.19. The fraction of sp³-hybridized carbons (Fsp3) is 0.385. The molecule has 0 spiro atoms. The van der Waals surface area contributed by atoms with E-state index in [2.05, 4.69) is 15.6 Å². The van der Waals surface area contributed by atoms with Crippen LogP contribution in [0.25, 0.3) is 0 Å². The summed E-state index contributed by atoms with van der Waals surface area (Å²) < 4.78 is 24.6. The average Bonchev–Trinajstić information content (AvgIpc) is 2.90. The second-order valence-electron chi connectivity index (χ2n) is 4.70. The zero-order valence-corrected chi connectivity index (χ0v) is 12.5. The summed E-state index contributed by atoms with van der Waals surface area (Å²) >= 11 is 0. The van der Waals surface area contributed by atoms with Gasteiger partial charge in [-0.25, -0.2) is 8.42 Å². The Bertz CT molecular complexity index is 697. The highest BCUT2D eigenvalue weighted by Gasteiger charge is 2.07. The Balaban J connectivity index is 1.98. The van der Waals surface area contributed by atoms with Gasteiger partial charge in [-0.3, -0.25) is 4.68 Å². The number of sulfone groups is 1. The van der Waals surface area contributed by atoms with Crippen LogP contribution in [0, 0.1) is 0 Å². The first-order chi connectivity index (χ1) is 9.99. The first-order valence-electron chi connectivity index (χ1n) is 6.53. The third kappa shape index (κ3) is 4.54. The SMILES string of the molecule is CS(=O)(=O)c1cccc(NCc2cn(CCCO)nn2)c1. The number of hydrogen-bond donors (Lipinski definition) is 2. The van der Waals surface area contributed by atoms with E-state index in [-0.39, 0.29) is 11.5 Å². The number of aliphatic hydroxyl groups excluding tert-OH is 1. The summed E-state index contributed by atoms with van der Waals surface area (Å²) in [4.78, 5) is 0.277. The van der Waals surface area contributed by atoms with E-state index in [1.165, 1.54) is 6.26 Å². The van der Waals surface area contributed by atoms with Gasteiger partial charge in [0.2, 0.25) is 0 Å². The summed E-state index contributed by atoms with van der Waals surface area (Å²) in [5, 5.41) is 19.8. The minimum absolute atomic E-state index is 0.117. The first-order valence-corrected chi connectivity index (χ1v) is 8.42. The van der Waals surface area contributed by atoms with E-state index in [0.29, 0.717) is 25.2 Å². The van der Waals surface area contributed by atoms with Gasteiger partial charge in [0.25, 0.3) is 0 Å². The second-order valence-corrected chi connectivity index (χ2v) is 6.72. The topological polar surface area (TPSA) is 97.1 Å². The normalized spacial score (nSPS) is 11.5. The van der Waals surface area contributed by atoms with Crippen molar-refractivity contribution in [1.82, 2.24) is 15.0 Å². The van der Waals surface area contributed by atoms with Crippen molar-refractivity contribution in [1.29, 1.82) is 0 Å². The second kappa shape index (κ2) is 6.68. The highest BCUT2D eigenvalue weighted by molar-refractivity contribution is 7.90. The molecule has 0 bridgehead atoms. The van der Waals surface area contributed by atoms with Gasteiger partial charge in [0.05, 0.1) is 17.6 Å². The van der Waals surface area contributed by atoms with Crippen LogP contribution in [-0.4, -0.2) is 41.4 Å². The van der Waals surface area contributed by atoms with Crippen LogP contribution >= 0.6 is 0 Å². The third-order valence-corrected chi connectivity index (χ3v) is 3.98. The molecule has 114 valence electrons. The maximum atomic E-state index is 11.5. The van der Waals surface area contributed by atoms with Crippen LogP contribution in [0.15, 0.2) is 35.4 Å². The van der Waals surface area contributed by atoms with E-state index in [1.807, 2.05) is 0 Å². The van der Waals surface area contributed by atoms with Crippen molar-refractivity contribution < 1.29 is 13.5 Å². The molecule has 0 saturated heterocycles. The Morgan fingerprint density at radius 3 is 2.90 bits per heavy atom. The van der Waals surface area contributed by atoms with Gasteiger partial charge in [0, 0.05) is 25.1 Å². The molecule has 1 aromatic heterocycles. The van der Waals surface area contributed by atoms with Gasteiger partial charge in [0.1, 0.15) is 5.69 Å². The van der Waals surface area contributed by atoms with Gasteiger partial charge in [0.15, 0.2) is 9.84 Å². The molecule has 0 radical (unpaired) electrons. The van der Waals surface area contributed by atoms with Gasteiger partial charge in [-0.05, 0) is 24.6 Å². The lowest BCUT2D eigenvalue weighted by Gasteiger charge is -2.05. The summed E-state index contributed by atoms with van der Waals surface area (Å²) in [5.74, 6) is 0. The quantitative estimate of drug-likeness (QED) is 0.780. The van der Waals surface area contributed by atoms with E-state index in [0.717, 1.165) is 5.69 Å². The highest BCUT2D eigenvalue weighted by atomic mass is 32.2. The van der Waals surface area contributed by atoms with Crippen molar-refractivity contribution in [2.24, 2.45) is 0 Å². The fourth-order valence-electron chi connectivity index (χ4n) is 1.79. The van der Waals surface area contributed by atoms with Crippen molar-refractivity contribution >= 4 is 15.5 Å². The molecular weight excluding hydrogens is 292 g/mol. The molecule has 0 atom stereocenters.